The molecule has 5 nitrogen and oxygen atoms in total. The molecule has 1 atom stereocenters. The minimum atomic E-state index is -0.388. The van der Waals surface area contributed by atoms with Gasteiger partial charge < -0.3 is 14.5 Å². The van der Waals surface area contributed by atoms with Crippen LogP contribution in [0.2, 0.25) is 0 Å². The number of amides is 1. The zero-order chi connectivity index (χ0) is 16.8. The Morgan fingerprint density at radius 2 is 1.91 bits per heavy atom. The molecular weight excluding hydrogens is 312 g/mol. The van der Waals surface area contributed by atoms with E-state index in [-0.39, 0.29) is 17.9 Å². The first-order valence-electron chi connectivity index (χ1n) is 7.74. The van der Waals surface area contributed by atoms with Gasteiger partial charge in [-0.05, 0) is 50.5 Å². The number of carbonyl (C=O) groups excluding carboxylic acids is 2. The van der Waals surface area contributed by atoms with Crippen LogP contribution >= 0.6 is 11.8 Å². The summed E-state index contributed by atoms with van der Waals surface area (Å²) in [5, 5.41) is 0. The third-order valence-electron chi connectivity index (χ3n) is 3.83. The summed E-state index contributed by atoms with van der Waals surface area (Å²) < 4.78 is 4.69. The molecule has 126 valence electrons. The number of methoxy groups -OCH3 is 1. The highest BCUT2D eigenvalue weighted by molar-refractivity contribution is 7.99. The number of carbonyl (C=O) groups is 2. The predicted molar refractivity (Wildman–Crippen MR) is 93.1 cm³/mol. The maximum absolute atomic E-state index is 12.9. The number of benzene rings is 1. The lowest BCUT2D eigenvalue weighted by Crippen LogP contribution is -2.46. The first-order chi connectivity index (χ1) is 11.0. The molecule has 1 aliphatic heterocycles. The molecule has 2 rings (SSSR count). The third kappa shape index (κ3) is 4.72. The van der Waals surface area contributed by atoms with Gasteiger partial charge in [0.15, 0.2) is 0 Å². The van der Waals surface area contributed by atoms with Crippen LogP contribution in [0.4, 0.5) is 0 Å². The molecule has 0 radical (unpaired) electrons. The summed E-state index contributed by atoms with van der Waals surface area (Å²) in [6.07, 6.45) is 1.01. The van der Waals surface area contributed by atoms with Crippen molar-refractivity contribution in [3.8, 4) is 0 Å². The molecule has 1 fully saturated rings. The van der Waals surface area contributed by atoms with Gasteiger partial charge in [-0.1, -0.05) is 0 Å². The van der Waals surface area contributed by atoms with Crippen LogP contribution in [-0.4, -0.2) is 73.5 Å². The summed E-state index contributed by atoms with van der Waals surface area (Å²) in [6, 6.07) is 6.92. The molecule has 0 aliphatic carbocycles. The highest BCUT2D eigenvalue weighted by atomic mass is 32.2. The maximum Gasteiger partial charge on any atom is 0.337 e. The molecule has 6 heteroatoms. The fraction of sp³-hybridized carbons (Fsp3) is 0.529. The van der Waals surface area contributed by atoms with E-state index in [9.17, 15) is 9.59 Å². The number of likely N-dealkylation sites (N-methyl/N-ethyl adjacent to an activating group) is 1. The predicted octanol–water partition coefficient (Wildman–Crippen LogP) is 1.98. The highest BCUT2D eigenvalue weighted by Gasteiger charge is 2.27. The summed E-state index contributed by atoms with van der Waals surface area (Å²) in [5.41, 5.74) is 1.08. The van der Waals surface area contributed by atoms with E-state index >= 15 is 0 Å². The SMILES string of the molecule is COC(=O)c1ccc(C(=O)N2CCCSCC2CN(C)C)cc1. The van der Waals surface area contributed by atoms with Gasteiger partial charge in [0.05, 0.1) is 18.7 Å². The Morgan fingerprint density at radius 1 is 1.26 bits per heavy atom. The number of thioether (sulfide) groups is 1. The molecule has 1 saturated heterocycles. The maximum atomic E-state index is 12.9. The van der Waals surface area contributed by atoms with Crippen molar-refractivity contribution in [2.75, 3.05) is 45.8 Å². The van der Waals surface area contributed by atoms with Gasteiger partial charge in [-0.15, -0.1) is 0 Å². The van der Waals surface area contributed by atoms with Crippen LogP contribution in [0.3, 0.4) is 0 Å². The van der Waals surface area contributed by atoms with Crippen molar-refractivity contribution < 1.29 is 14.3 Å². The molecule has 0 aromatic heterocycles. The zero-order valence-electron chi connectivity index (χ0n) is 13.9. The molecular formula is C17H24N2O3S. The van der Waals surface area contributed by atoms with Crippen LogP contribution in [0, 0.1) is 0 Å². The van der Waals surface area contributed by atoms with Crippen molar-refractivity contribution in [3.05, 3.63) is 35.4 Å². The summed E-state index contributed by atoms with van der Waals surface area (Å²) >= 11 is 1.91. The minimum absolute atomic E-state index is 0.0377. The van der Waals surface area contributed by atoms with Crippen molar-refractivity contribution in [2.24, 2.45) is 0 Å². The number of nitrogens with zero attached hydrogens (tertiary/aromatic N) is 2. The van der Waals surface area contributed by atoms with Crippen LogP contribution in [-0.2, 0) is 4.74 Å². The molecule has 0 saturated carbocycles. The highest BCUT2D eigenvalue weighted by Crippen LogP contribution is 2.20. The van der Waals surface area contributed by atoms with Gasteiger partial charge in [-0.3, -0.25) is 4.79 Å². The Labute approximate surface area is 142 Å². The van der Waals surface area contributed by atoms with Crippen LogP contribution in [0.25, 0.3) is 0 Å². The smallest absolute Gasteiger partial charge is 0.337 e. The second-order valence-corrected chi connectivity index (χ2v) is 7.06. The standard InChI is InChI=1S/C17H24N2O3S/c1-18(2)11-15-12-23-10-4-9-19(15)16(20)13-5-7-14(8-6-13)17(21)22-3/h5-8,15H,4,9-12H2,1-3H3. The lowest BCUT2D eigenvalue weighted by molar-refractivity contribution is 0.0598. The number of hydrogen-bond donors (Lipinski definition) is 0. The third-order valence-corrected chi connectivity index (χ3v) is 5.03. The van der Waals surface area contributed by atoms with Gasteiger partial charge >= 0.3 is 5.97 Å². The van der Waals surface area contributed by atoms with Crippen LogP contribution in [0.5, 0.6) is 0 Å². The lowest BCUT2D eigenvalue weighted by Gasteiger charge is -2.31. The van der Waals surface area contributed by atoms with E-state index in [0.717, 1.165) is 31.0 Å². The Kier molecular flexibility index (Phi) is 6.47. The molecule has 1 aromatic rings. The average Bonchev–Trinajstić information content (AvgIpc) is 2.78. The average molecular weight is 336 g/mol. The minimum Gasteiger partial charge on any atom is -0.465 e. The normalized spacial score (nSPS) is 18.6. The fourth-order valence-electron chi connectivity index (χ4n) is 2.70. The van der Waals surface area contributed by atoms with Crippen LogP contribution < -0.4 is 0 Å². The van der Waals surface area contributed by atoms with Gasteiger partial charge in [-0.2, -0.15) is 11.8 Å². The summed E-state index contributed by atoms with van der Waals surface area (Å²) in [6.45, 7) is 1.64. The number of ether oxygens (including phenoxy) is 1. The zero-order valence-corrected chi connectivity index (χ0v) is 14.8. The van der Waals surface area contributed by atoms with Crippen LogP contribution in [0.15, 0.2) is 24.3 Å². The molecule has 0 bridgehead atoms. The molecule has 0 N–H and O–H groups in total. The topological polar surface area (TPSA) is 49.9 Å². The Bertz CT molecular complexity index is 545. The van der Waals surface area contributed by atoms with Crippen molar-refractivity contribution in [1.29, 1.82) is 0 Å². The monoisotopic (exact) mass is 336 g/mol. The fourth-order valence-corrected chi connectivity index (χ4v) is 3.76. The number of esters is 1. The molecule has 1 aliphatic rings. The molecule has 23 heavy (non-hydrogen) atoms. The summed E-state index contributed by atoms with van der Waals surface area (Å²) in [7, 11) is 5.41. The molecule has 1 heterocycles. The van der Waals surface area contributed by atoms with E-state index in [1.807, 2.05) is 30.8 Å². The van der Waals surface area contributed by atoms with Crippen LogP contribution in [0.1, 0.15) is 27.1 Å². The van der Waals surface area contributed by atoms with E-state index in [4.69, 9.17) is 0 Å². The van der Waals surface area contributed by atoms with E-state index in [2.05, 4.69) is 9.64 Å². The first kappa shape index (κ1) is 17.8. The van der Waals surface area contributed by atoms with Gasteiger partial charge in [0, 0.05) is 24.4 Å². The number of rotatable bonds is 4. The van der Waals surface area contributed by atoms with E-state index < -0.39 is 0 Å². The van der Waals surface area contributed by atoms with Gasteiger partial charge in [0.1, 0.15) is 0 Å². The second kappa shape index (κ2) is 8.36. The second-order valence-electron chi connectivity index (χ2n) is 5.91. The number of hydrogen-bond acceptors (Lipinski definition) is 5. The van der Waals surface area contributed by atoms with Gasteiger partial charge in [0.25, 0.3) is 5.91 Å². The largest absolute Gasteiger partial charge is 0.465 e. The van der Waals surface area contributed by atoms with Crippen molar-refractivity contribution in [1.82, 2.24) is 9.80 Å². The Morgan fingerprint density at radius 3 is 2.52 bits per heavy atom. The van der Waals surface area contributed by atoms with E-state index in [0.29, 0.717) is 11.1 Å². The van der Waals surface area contributed by atoms with Crippen molar-refractivity contribution in [2.45, 2.75) is 12.5 Å². The van der Waals surface area contributed by atoms with Gasteiger partial charge in [-0.25, -0.2) is 4.79 Å². The molecule has 1 amide bonds. The van der Waals surface area contributed by atoms with E-state index in [1.54, 1.807) is 24.3 Å². The quantitative estimate of drug-likeness (QED) is 0.787. The Hall–Kier alpha value is -1.53. The summed E-state index contributed by atoms with van der Waals surface area (Å²) in [4.78, 5) is 28.5. The van der Waals surface area contributed by atoms with Crippen molar-refractivity contribution >= 4 is 23.6 Å². The van der Waals surface area contributed by atoms with E-state index in [1.165, 1.54) is 7.11 Å². The van der Waals surface area contributed by atoms with Gasteiger partial charge in [0.2, 0.25) is 0 Å². The summed E-state index contributed by atoms with van der Waals surface area (Å²) in [5.74, 6) is 1.70. The molecule has 1 aromatic carbocycles. The molecule has 1 unspecified atom stereocenters. The first-order valence-corrected chi connectivity index (χ1v) is 8.90. The molecule has 0 spiro atoms. The lowest BCUT2D eigenvalue weighted by atomic mass is 10.1. The van der Waals surface area contributed by atoms with Crippen molar-refractivity contribution in [3.63, 3.8) is 0 Å². The Balaban J connectivity index is 2.16.